The number of nitrogens with zero attached hydrogens (tertiary/aromatic N) is 3. The number of aromatic nitrogens is 2. The van der Waals surface area contributed by atoms with Gasteiger partial charge in [0.1, 0.15) is 0 Å². The van der Waals surface area contributed by atoms with E-state index in [9.17, 15) is 0 Å². The van der Waals surface area contributed by atoms with Gasteiger partial charge >= 0.3 is 0 Å². The molecular weight excluding hydrogens is 349 g/mol. The van der Waals surface area contributed by atoms with Crippen molar-refractivity contribution in [1.82, 2.24) is 10.2 Å². The highest BCUT2D eigenvalue weighted by atomic mass is 35.5. The van der Waals surface area contributed by atoms with Gasteiger partial charge in [-0.1, -0.05) is 44.0 Å². The van der Waals surface area contributed by atoms with Crippen LogP contribution < -0.4 is 4.90 Å². The van der Waals surface area contributed by atoms with E-state index in [4.69, 9.17) is 27.6 Å². The van der Waals surface area contributed by atoms with Crippen molar-refractivity contribution < 1.29 is 4.43 Å². The fourth-order valence-electron chi connectivity index (χ4n) is 2.45. The highest BCUT2D eigenvalue weighted by Crippen LogP contribution is 2.37. The molecule has 2 rings (SSSR count). The van der Waals surface area contributed by atoms with Crippen LogP contribution in [0.2, 0.25) is 28.4 Å². The number of piperidine rings is 1. The summed E-state index contributed by atoms with van der Waals surface area (Å²) in [6.45, 7) is 14.2. The van der Waals surface area contributed by atoms with Crippen LogP contribution in [0.25, 0.3) is 0 Å². The standard InChI is InChI=1S/C16H27Cl2N3OSi/c1-16(2,3)23(4,5)22-11-12-6-8-21(9-7-12)13-10-14(17)19-20-15(13)18/h10,12H,6-9,11H2,1-5H3. The third-order valence-electron chi connectivity index (χ3n) is 5.14. The van der Waals surface area contributed by atoms with Crippen LogP contribution in [0.1, 0.15) is 33.6 Å². The Balaban J connectivity index is 1.88. The summed E-state index contributed by atoms with van der Waals surface area (Å²) in [4.78, 5) is 2.24. The second kappa shape index (κ2) is 7.26. The Bertz CT molecular complexity index is 541. The van der Waals surface area contributed by atoms with E-state index in [1.54, 1.807) is 6.07 Å². The second-order valence-electron chi connectivity index (χ2n) is 7.84. The molecule has 1 fully saturated rings. The van der Waals surface area contributed by atoms with Gasteiger partial charge in [-0.2, -0.15) is 0 Å². The highest BCUT2D eigenvalue weighted by molar-refractivity contribution is 6.74. The Kier molecular flexibility index (Phi) is 5.98. The first kappa shape index (κ1) is 19.0. The quantitative estimate of drug-likeness (QED) is 0.692. The molecule has 23 heavy (non-hydrogen) atoms. The highest BCUT2D eigenvalue weighted by Gasteiger charge is 2.37. The molecule has 0 aliphatic carbocycles. The van der Waals surface area contributed by atoms with E-state index < -0.39 is 8.32 Å². The van der Waals surface area contributed by atoms with E-state index >= 15 is 0 Å². The molecule has 4 nitrogen and oxygen atoms in total. The van der Waals surface area contributed by atoms with Crippen LogP contribution in [0, 0.1) is 5.92 Å². The minimum Gasteiger partial charge on any atom is -0.417 e. The summed E-state index contributed by atoms with van der Waals surface area (Å²) in [7, 11) is -1.66. The van der Waals surface area contributed by atoms with E-state index in [-0.39, 0.29) is 5.04 Å². The molecule has 0 spiro atoms. The zero-order chi connectivity index (χ0) is 17.3. The van der Waals surface area contributed by atoms with Gasteiger partial charge in [-0.05, 0) is 36.9 Å². The molecule has 1 aliphatic heterocycles. The lowest BCUT2D eigenvalue weighted by atomic mass is 9.98. The molecule has 130 valence electrons. The molecular formula is C16H27Cl2N3OSi. The van der Waals surface area contributed by atoms with Gasteiger partial charge in [-0.15, -0.1) is 10.2 Å². The van der Waals surface area contributed by atoms with Gasteiger partial charge in [0.05, 0.1) is 5.69 Å². The Hall–Kier alpha value is -0.363. The van der Waals surface area contributed by atoms with Crippen LogP contribution >= 0.6 is 23.2 Å². The summed E-state index contributed by atoms with van der Waals surface area (Å²) in [5, 5.41) is 8.73. The zero-order valence-corrected chi connectivity index (χ0v) is 17.2. The monoisotopic (exact) mass is 375 g/mol. The fourth-order valence-corrected chi connectivity index (χ4v) is 3.89. The molecule has 2 heterocycles. The number of hydrogen-bond donors (Lipinski definition) is 0. The lowest BCUT2D eigenvalue weighted by Crippen LogP contribution is -2.43. The van der Waals surface area contributed by atoms with Gasteiger partial charge in [0, 0.05) is 25.8 Å². The van der Waals surface area contributed by atoms with E-state index in [1.165, 1.54) is 0 Å². The topological polar surface area (TPSA) is 38.2 Å². The second-order valence-corrected chi connectivity index (χ2v) is 13.4. The lowest BCUT2D eigenvalue weighted by Gasteiger charge is -2.39. The fraction of sp³-hybridized carbons (Fsp3) is 0.750. The first-order valence-corrected chi connectivity index (χ1v) is 11.8. The first-order valence-electron chi connectivity index (χ1n) is 8.18. The number of hydrogen-bond acceptors (Lipinski definition) is 4. The third kappa shape index (κ3) is 4.81. The Morgan fingerprint density at radius 1 is 1.22 bits per heavy atom. The van der Waals surface area contributed by atoms with Gasteiger partial charge in [0.2, 0.25) is 0 Å². The van der Waals surface area contributed by atoms with Gasteiger partial charge in [0.15, 0.2) is 18.6 Å². The molecule has 0 N–H and O–H groups in total. The van der Waals surface area contributed by atoms with Crippen molar-refractivity contribution in [1.29, 1.82) is 0 Å². The molecule has 7 heteroatoms. The number of halogens is 2. The maximum atomic E-state index is 6.37. The molecule has 1 aliphatic rings. The molecule has 0 atom stereocenters. The summed E-state index contributed by atoms with van der Waals surface area (Å²) in [6, 6.07) is 1.79. The average molecular weight is 376 g/mol. The Morgan fingerprint density at radius 3 is 2.39 bits per heavy atom. The molecule has 1 aromatic heterocycles. The smallest absolute Gasteiger partial charge is 0.191 e. The van der Waals surface area contributed by atoms with Crippen LogP contribution in [0.4, 0.5) is 5.69 Å². The molecule has 0 bridgehead atoms. The summed E-state index contributed by atoms with van der Waals surface area (Å²) in [5.74, 6) is 0.615. The zero-order valence-electron chi connectivity index (χ0n) is 14.7. The van der Waals surface area contributed by atoms with Crippen molar-refractivity contribution >= 4 is 37.2 Å². The normalized spacial score (nSPS) is 17.6. The van der Waals surface area contributed by atoms with E-state index in [2.05, 4.69) is 49.0 Å². The Morgan fingerprint density at radius 2 is 1.83 bits per heavy atom. The van der Waals surface area contributed by atoms with Crippen molar-refractivity contribution in [3.8, 4) is 0 Å². The number of rotatable bonds is 4. The average Bonchev–Trinajstić information content (AvgIpc) is 2.47. The van der Waals surface area contributed by atoms with E-state index in [0.717, 1.165) is 38.2 Å². The van der Waals surface area contributed by atoms with Gasteiger partial charge < -0.3 is 9.33 Å². The van der Waals surface area contributed by atoms with Crippen LogP contribution in [0.3, 0.4) is 0 Å². The lowest BCUT2D eigenvalue weighted by molar-refractivity contribution is 0.205. The predicted octanol–water partition coefficient (Wildman–Crippen LogP) is 5.02. The number of anilines is 1. The minimum absolute atomic E-state index is 0.265. The molecule has 1 aromatic rings. The van der Waals surface area contributed by atoms with Crippen LogP contribution in [-0.4, -0.2) is 38.2 Å². The van der Waals surface area contributed by atoms with Crippen molar-refractivity contribution in [3.63, 3.8) is 0 Å². The third-order valence-corrected chi connectivity index (χ3v) is 10.1. The molecule has 0 saturated carbocycles. The Labute approximate surface area is 150 Å². The van der Waals surface area contributed by atoms with Gasteiger partial charge in [0.25, 0.3) is 0 Å². The van der Waals surface area contributed by atoms with Gasteiger partial charge in [-0.25, -0.2) is 0 Å². The molecule has 0 unspecified atom stereocenters. The van der Waals surface area contributed by atoms with Crippen molar-refractivity contribution in [2.24, 2.45) is 5.92 Å². The van der Waals surface area contributed by atoms with Crippen molar-refractivity contribution in [2.75, 3.05) is 24.6 Å². The summed E-state index contributed by atoms with van der Waals surface area (Å²) < 4.78 is 6.37. The van der Waals surface area contributed by atoms with Crippen molar-refractivity contribution in [2.45, 2.75) is 51.7 Å². The maximum absolute atomic E-state index is 6.37. The van der Waals surface area contributed by atoms with Crippen LogP contribution in [-0.2, 0) is 4.43 Å². The summed E-state index contributed by atoms with van der Waals surface area (Å²) in [5.41, 5.74) is 0.885. The molecule has 0 amide bonds. The molecule has 0 radical (unpaired) electrons. The van der Waals surface area contributed by atoms with E-state index in [1.807, 2.05) is 0 Å². The first-order chi connectivity index (χ1) is 10.6. The maximum Gasteiger partial charge on any atom is 0.191 e. The molecule has 1 saturated heterocycles. The molecule has 0 aromatic carbocycles. The summed E-state index contributed by atoms with van der Waals surface area (Å²) >= 11 is 12.1. The largest absolute Gasteiger partial charge is 0.417 e. The summed E-state index contributed by atoms with van der Waals surface area (Å²) in [6.07, 6.45) is 2.20. The van der Waals surface area contributed by atoms with E-state index in [0.29, 0.717) is 16.2 Å². The minimum atomic E-state index is -1.66. The van der Waals surface area contributed by atoms with Crippen molar-refractivity contribution in [3.05, 3.63) is 16.4 Å². The van der Waals surface area contributed by atoms with Crippen LogP contribution in [0.5, 0.6) is 0 Å². The predicted molar refractivity (Wildman–Crippen MR) is 100 cm³/mol. The van der Waals surface area contributed by atoms with Crippen LogP contribution in [0.15, 0.2) is 6.07 Å². The van der Waals surface area contributed by atoms with Gasteiger partial charge in [-0.3, -0.25) is 0 Å². The SMILES string of the molecule is CC(C)(C)[Si](C)(C)OCC1CCN(c2cc(Cl)nnc2Cl)CC1.